The molecule has 0 bridgehead atoms. The highest BCUT2D eigenvalue weighted by Crippen LogP contribution is 2.24. The summed E-state index contributed by atoms with van der Waals surface area (Å²) in [5.74, 6) is 1.48. The lowest BCUT2D eigenvalue weighted by atomic mass is 9.89. The van der Waals surface area contributed by atoms with Crippen LogP contribution in [0.3, 0.4) is 0 Å². The average molecular weight is 227 g/mol. The van der Waals surface area contributed by atoms with E-state index in [-0.39, 0.29) is 5.41 Å². The van der Waals surface area contributed by atoms with Crippen molar-refractivity contribution in [1.82, 2.24) is 10.6 Å². The van der Waals surface area contributed by atoms with Crippen LogP contribution in [0.4, 0.5) is 0 Å². The molecule has 0 aromatic heterocycles. The number of hydrogen-bond donors (Lipinski definition) is 2. The van der Waals surface area contributed by atoms with Crippen LogP contribution < -0.4 is 10.6 Å². The van der Waals surface area contributed by atoms with Gasteiger partial charge in [0.2, 0.25) is 0 Å². The van der Waals surface area contributed by atoms with E-state index in [4.69, 9.17) is 4.74 Å². The predicted octanol–water partition coefficient (Wildman–Crippen LogP) is 1.23. The van der Waals surface area contributed by atoms with E-state index in [1.54, 1.807) is 0 Å². The fraction of sp³-hybridized carbons (Fsp3) is 0.917. The monoisotopic (exact) mass is 227 g/mol. The second-order valence-corrected chi connectivity index (χ2v) is 5.41. The van der Waals surface area contributed by atoms with Gasteiger partial charge in [-0.15, -0.1) is 0 Å². The molecule has 0 saturated carbocycles. The Morgan fingerprint density at radius 1 is 1.38 bits per heavy atom. The van der Waals surface area contributed by atoms with Crippen LogP contribution in [0.5, 0.6) is 0 Å². The fourth-order valence-electron chi connectivity index (χ4n) is 1.43. The Kier molecular flexibility index (Phi) is 4.59. The van der Waals surface area contributed by atoms with Gasteiger partial charge in [0.05, 0.1) is 13.2 Å². The van der Waals surface area contributed by atoms with Crippen molar-refractivity contribution in [3.63, 3.8) is 0 Å². The van der Waals surface area contributed by atoms with E-state index in [9.17, 15) is 0 Å². The molecule has 1 unspecified atom stereocenters. The quantitative estimate of drug-likeness (QED) is 0.561. The van der Waals surface area contributed by atoms with Crippen molar-refractivity contribution >= 4 is 5.96 Å². The van der Waals surface area contributed by atoms with Crippen molar-refractivity contribution in [3.05, 3.63) is 0 Å². The van der Waals surface area contributed by atoms with Crippen molar-refractivity contribution in [2.75, 3.05) is 26.8 Å². The molecular formula is C12H25N3O. The number of aliphatic imine (C=N–C) groups is 1. The van der Waals surface area contributed by atoms with E-state index in [0.717, 1.165) is 25.7 Å². The molecule has 2 N–H and O–H groups in total. The maximum atomic E-state index is 5.22. The van der Waals surface area contributed by atoms with Crippen LogP contribution in [-0.2, 0) is 4.74 Å². The summed E-state index contributed by atoms with van der Waals surface area (Å²) in [5.41, 5.74) is 0.276. The fourth-order valence-corrected chi connectivity index (χ4v) is 1.43. The number of guanidine groups is 1. The molecule has 0 aromatic rings. The Labute approximate surface area is 98.9 Å². The van der Waals surface area contributed by atoms with Crippen LogP contribution in [0.25, 0.3) is 0 Å². The number of nitrogens with one attached hydrogen (secondary N) is 2. The van der Waals surface area contributed by atoms with Crippen LogP contribution in [0.1, 0.15) is 27.7 Å². The Morgan fingerprint density at radius 2 is 2.00 bits per heavy atom. The Bertz CT molecular complexity index is 247. The molecule has 4 nitrogen and oxygen atoms in total. The van der Waals surface area contributed by atoms with Gasteiger partial charge in [0, 0.05) is 25.0 Å². The summed E-state index contributed by atoms with van der Waals surface area (Å²) in [6.07, 6.45) is 0. The molecule has 1 aliphatic heterocycles. The van der Waals surface area contributed by atoms with Crippen LogP contribution in [0.15, 0.2) is 4.99 Å². The molecule has 1 aliphatic rings. The summed E-state index contributed by atoms with van der Waals surface area (Å²) < 4.78 is 5.22. The van der Waals surface area contributed by atoms with Gasteiger partial charge in [0.25, 0.3) is 0 Å². The lowest BCUT2D eigenvalue weighted by molar-refractivity contribution is -0.0971. The molecule has 1 heterocycles. The van der Waals surface area contributed by atoms with Crippen LogP contribution in [-0.4, -0.2) is 38.8 Å². The van der Waals surface area contributed by atoms with Crippen LogP contribution in [0, 0.1) is 11.3 Å². The number of nitrogens with zero attached hydrogens (tertiary/aromatic N) is 1. The molecule has 1 fully saturated rings. The minimum atomic E-state index is 0.276. The first-order valence-corrected chi connectivity index (χ1v) is 6.02. The second-order valence-electron chi connectivity index (χ2n) is 5.41. The van der Waals surface area contributed by atoms with E-state index in [1.165, 1.54) is 0 Å². The topological polar surface area (TPSA) is 45.7 Å². The first-order chi connectivity index (χ1) is 7.47. The number of hydrogen-bond acceptors (Lipinski definition) is 2. The van der Waals surface area contributed by atoms with Crippen molar-refractivity contribution in [3.8, 4) is 0 Å². The molecule has 0 aromatic carbocycles. The third-order valence-electron chi connectivity index (χ3n) is 3.17. The van der Waals surface area contributed by atoms with Crippen molar-refractivity contribution < 1.29 is 4.74 Å². The summed E-state index contributed by atoms with van der Waals surface area (Å²) in [5, 5.41) is 6.74. The van der Waals surface area contributed by atoms with Gasteiger partial charge in [-0.1, -0.05) is 20.8 Å². The molecule has 16 heavy (non-hydrogen) atoms. The number of ether oxygens (including phenoxy) is 1. The molecule has 0 spiro atoms. The van der Waals surface area contributed by atoms with Gasteiger partial charge < -0.3 is 15.4 Å². The van der Waals surface area contributed by atoms with Crippen molar-refractivity contribution in [2.45, 2.75) is 33.7 Å². The number of rotatable bonds is 4. The second kappa shape index (κ2) is 5.53. The standard InChI is InChI=1S/C12H25N3O/c1-9(2)10(3)15-11(13-5)14-6-12(4)7-16-8-12/h9-10H,6-8H2,1-5H3,(H2,13,14,15). The van der Waals surface area contributed by atoms with Gasteiger partial charge in [-0.05, 0) is 12.8 Å². The first kappa shape index (κ1) is 13.3. The largest absolute Gasteiger partial charge is 0.380 e. The zero-order valence-electron chi connectivity index (χ0n) is 11.1. The Morgan fingerprint density at radius 3 is 2.38 bits per heavy atom. The maximum Gasteiger partial charge on any atom is 0.191 e. The van der Waals surface area contributed by atoms with Gasteiger partial charge in [-0.2, -0.15) is 0 Å². The molecule has 94 valence electrons. The maximum absolute atomic E-state index is 5.22. The minimum Gasteiger partial charge on any atom is -0.380 e. The van der Waals surface area contributed by atoms with E-state index < -0.39 is 0 Å². The summed E-state index contributed by atoms with van der Waals surface area (Å²) in [6.45, 7) is 11.4. The Balaban J connectivity index is 2.32. The summed E-state index contributed by atoms with van der Waals surface area (Å²) in [7, 11) is 1.81. The van der Waals surface area contributed by atoms with E-state index in [1.807, 2.05) is 7.05 Å². The summed E-state index contributed by atoms with van der Waals surface area (Å²) in [6, 6.07) is 0.427. The molecule has 1 saturated heterocycles. The van der Waals surface area contributed by atoms with Crippen LogP contribution >= 0.6 is 0 Å². The highest BCUT2D eigenvalue weighted by atomic mass is 16.5. The third-order valence-corrected chi connectivity index (χ3v) is 3.17. The SMILES string of the molecule is CN=C(NCC1(C)COC1)NC(C)C(C)C. The summed E-state index contributed by atoms with van der Waals surface area (Å²) >= 11 is 0. The highest BCUT2D eigenvalue weighted by Gasteiger charge is 2.33. The third kappa shape index (κ3) is 3.67. The lowest BCUT2D eigenvalue weighted by Gasteiger charge is -2.38. The highest BCUT2D eigenvalue weighted by molar-refractivity contribution is 5.80. The minimum absolute atomic E-state index is 0.276. The average Bonchev–Trinajstić information content (AvgIpc) is 2.20. The molecular weight excluding hydrogens is 202 g/mol. The molecule has 4 heteroatoms. The zero-order valence-corrected chi connectivity index (χ0v) is 11.1. The molecule has 0 amide bonds. The summed E-state index contributed by atoms with van der Waals surface area (Å²) in [4.78, 5) is 4.23. The predicted molar refractivity (Wildman–Crippen MR) is 67.7 cm³/mol. The van der Waals surface area contributed by atoms with E-state index in [2.05, 4.69) is 43.3 Å². The molecule has 0 aliphatic carbocycles. The first-order valence-electron chi connectivity index (χ1n) is 6.02. The zero-order chi connectivity index (χ0) is 12.2. The van der Waals surface area contributed by atoms with Crippen molar-refractivity contribution in [2.24, 2.45) is 16.3 Å². The smallest absolute Gasteiger partial charge is 0.191 e. The van der Waals surface area contributed by atoms with Crippen molar-refractivity contribution in [1.29, 1.82) is 0 Å². The van der Waals surface area contributed by atoms with Gasteiger partial charge in [0.1, 0.15) is 0 Å². The van der Waals surface area contributed by atoms with Gasteiger partial charge >= 0.3 is 0 Å². The Hall–Kier alpha value is -0.770. The van der Waals surface area contributed by atoms with Gasteiger partial charge in [-0.25, -0.2) is 0 Å². The molecule has 0 radical (unpaired) electrons. The van der Waals surface area contributed by atoms with Gasteiger partial charge in [-0.3, -0.25) is 4.99 Å². The molecule has 1 rings (SSSR count). The normalized spacial score (nSPS) is 21.5. The van der Waals surface area contributed by atoms with E-state index in [0.29, 0.717) is 12.0 Å². The van der Waals surface area contributed by atoms with E-state index >= 15 is 0 Å². The van der Waals surface area contributed by atoms with Gasteiger partial charge in [0.15, 0.2) is 5.96 Å². The van der Waals surface area contributed by atoms with Crippen LogP contribution in [0.2, 0.25) is 0 Å². The molecule has 1 atom stereocenters. The lowest BCUT2D eigenvalue weighted by Crippen LogP contribution is -2.52.